The molecule has 2 N–H and O–H groups in total. The van der Waals surface area contributed by atoms with Crippen LogP contribution in [-0.4, -0.2) is 17.9 Å². The SMILES string of the molecule is O=C(NCc1ccccc1)[C@@H]1Oc2ccccc2NC1=O. The predicted molar refractivity (Wildman–Crippen MR) is 77.8 cm³/mol. The first-order valence-corrected chi connectivity index (χ1v) is 6.62. The van der Waals surface area contributed by atoms with Gasteiger partial charge in [-0.3, -0.25) is 9.59 Å². The summed E-state index contributed by atoms with van der Waals surface area (Å²) in [5.74, 6) is -0.415. The maximum absolute atomic E-state index is 12.1. The van der Waals surface area contributed by atoms with E-state index in [2.05, 4.69) is 10.6 Å². The highest BCUT2D eigenvalue weighted by atomic mass is 16.5. The zero-order valence-corrected chi connectivity index (χ0v) is 11.2. The summed E-state index contributed by atoms with van der Waals surface area (Å²) >= 11 is 0. The van der Waals surface area contributed by atoms with Crippen LogP contribution in [0.2, 0.25) is 0 Å². The molecule has 0 unspecified atom stereocenters. The van der Waals surface area contributed by atoms with Crippen molar-refractivity contribution in [2.75, 3.05) is 5.32 Å². The summed E-state index contributed by atoms with van der Waals surface area (Å²) in [6, 6.07) is 16.5. The van der Waals surface area contributed by atoms with Gasteiger partial charge in [0.1, 0.15) is 5.75 Å². The molecule has 0 aliphatic carbocycles. The molecule has 5 nitrogen and oxygen atoms in total. The molecular weight excluding hydrogens is 268 g/mol. The molecule has 0 fully saturated rings. The molecular formula is C16H14N2O3. The van der Waals surface area contributed by atoms with Gasteiger partial charge in [-0.2, -0.15) is 0 Å². The van der Waals surface area contributed by atoms with Gasteiger partial charge in [0.25, 0.3) is 17.9 Å². The third-order valence-electron chi connectivity index (χ3n) is 3.18. The molecule has 0 saturated carbocycles. The van der Waals surface area contributed by atoms with Crippen molar-refractivity contribution in [2.24, 2.45) is 0 Å². The van der Waals surface area contributed by atoms with Crippen LogP contribution in [0.1, 0.15) is 5.56 Å². The molecule has 0 radical (unpaired) electrons. The van der Waals surface area contributed by atoms with Crippen molar-refractivity contribution in [1.82, 2.24) is 5.32 Å². The third-order valence-corrected chi connectivity index (χ3v) is 3.18. The Labute approximate surface area is 121 Å². The fourth-order valence-electron chi connectivity index (χ4n) is 2.10. The Hall–Kier alpha value is -2.82. The van der Waals surface area contributed by atoms with Gasteiger partial charge < -0.3 is 15.4 Å². The second kappa shape index (κ2) is 5.66. The van der Waals surface area contributed by atoms with Crippen molar-refractivity contribution in [3.63, 3.8) is 0 Å². The Balaban J connectivity index is 1.67. The van der Waals surface area contributed by atoms with E-state index in [-0.39, 0.29) is 0 Å². The molecule has 106 valence electrons. The molecule has 5 heteroatoms. The van der Waals surface area contributed by atoms with E-state index in [1.165, 1.54) is 0 Å². The van der Waals surface area contributed by atoms with Crippen LogP contribution < -0.4 is 15.4 Å². The number of hydrogen-bond acceptors (Lipinski definition) is 3. The van der Waals surface area contributed by atoms with E-state index in [0.717, 1.165) is 5.56 Å². The molecule has 0 spiro atoms. The van der Waals surface area contributed by atoms with Gasteiger partial charge in [-0.25, -0.2) is 0 Å². The summed E-state index contributed by atoms with van der Waals surface area (Å²) in [6.07, 6.45) is -1.16. The quantitative estimate of drug-likeness (QED) is 0.842. The number of anilines is 1. The molecule has 2 aromatic carbocycles. The summed E-state index contributed by atoms with van der Waals surface area (Å²) in [5.41, 5.74) is 1.54. The number of fused-ring (bicyclic) bond motifs is 1. The second-order valence-corrected chi connectivity index (χ2v) is 4.69. The number of para-hydroxylation sites is 2. The van der Waals surface area contributed by atoms with Crippen LogP contribution in [0.3, 0.4) is 0 Å². The molecule has 0 aromatic heterocycles. The summed E-state index contributed by atoms with van der Waals surface area (Å²) in [4.78, 5) is 24.0. The van der Waals surface area contributed by atoms with E-state index in [0.29, 0.717) is 18.0 Å². The zero-order chi connectivity index (χ0) is 14.7. The maximum atomic E-state index is 12.1. The van der Waals surface area contributed by atoms with E-state index >= 15 is 0 Å². The Morgan fingerprint density at radius 2 is 1.81 bits per heavy atom. The fraction of sp³-hybridized carbons (Fsp3) is 0.125. The minimum absolute atomic E-state index is 0.356. The minimum atomic E-state index is -1.16. The van der Waals surface area contributed by atoms with Gasteiger partial charge in [0.15, 0.2) is 0 Å². The molecule has 21 heavy (non-hydrogen) atoms. The number of benzene rings is 2. The predicted octanol–water partition coefficient (Wildman–Crippen LogP) is 1.70. The van der Waals surface area contributed by atoms with Crippen molar-refractivity contribution in [1.29, 1.82) is 0 Å². The molecule has 3 rings (SSSR count). The molecule has 2 aromatic rings. The Morgan fingerprint density at radius 3 is 2.62 bits per heavy atom. The second-order valence-electron chi connectivity index (χ2n) is 4.69. The lowest BCUT2D eigenvalue weighted by molar-refractivity contribution is -0.137. The maximum Gasteiger partial charge on any atom is 0.275 e. The summed E-state index contributed by atoms with van der Waals surface area (Å²) < 4.78 is 5.47. The van der Waals surface area contributed by atoms with E-state index in [1.54, 1.807) is 24.3 Å². The van der Waals surface area contributed by atoms with Crippen molar-refractivity contribution in [3.05, 3.63) is 60.2 Å². The number of carbonyl (C=O) groups excluding carboxylic acids is 2. The summed E-state index contributed by atoms with van der Waals surface area (Å²) in [5, 5.41) is 5.37. The molecule has 1 aliphatic heterocycles. The molecule has 1 atom stereocenters. The lowest BCUT2D eigenvalue weighted by atomic mass is 10.2. The minimum Gasteiger partial charge on any atom is -0.468 e. The normalized spacial score (nSPS) is 16.4. The van der Waals surface area contributed by atoms with Crippen LogP contribution in [0, 0.1) is 0 Å². The van der Waals surface area contributed by atoms with E-state index in [1.807, 2.05) is 30.3 Å². The number of ether oxygens (including phenoxy) is 1. The molecule has 1 heterocycles. The number of amides is 2. The molecule has 1 aliphatic rings. The highest BCUT2D eigenvalue weighted by Gasteiger charge is 2.33. The van der Waals surface area contributed by atoms with Crippen molar-refractivity contribution < 1.29 is 14.3 Å². The first-order chi connectivity index (χ1) is 10.2. The highest BCUT2D eigenvalue weighted by molar-refractivity contribution is 6.11. The summed E-state index contributed by atoms with van der Waals surface area (Å²) in [7, 11) is 0. The Bertz CT molecular complexity index is 670. The van der Waals surface area contributed by atoms with E-state index in [9.17, 15) is 9.59 Å². The van der Waals surface area contributed by atoms with Crippen LogP contribution in [0.4, 0.5) is 5.69 Å². The summed E-state index contributed by atoms with van der Waals surface area (Å²) in [6.45, 7) is 0.356. The van der Waals surface area contributed by atoms with E-state index < -0.39 is 17.9 Å². The first-order valence-electron chi connectivity index (χ1n) is 6.62. The van der Waals surface area contributed by atoms with Crippen LogP contribution in [-0.2, 0) is 16.1 Å². The zero-order valence-electron chi connectivity index (χ0n) is 11.2. The Kier molecular flexibility index (Phi) is 3.55. The standard InChI is InChI=1S/C16H14N2O3/c19-15(17-10-11-6-2-1-3-7-11)14-16(20)18-12-8-4-5-9-13(12)21-14/h1-9,14H,10H2,(H,17,19)(H,18,20)/t14-/m0/s1. The van der Waals surface area contributed by atoms with Gasteiger partial charge in [0, 0.05) is 6.54 Å². The monoisotopic (exact) mass is 282 g/mol. The van der Waals surface area contributed by atoms with Crippen molar-refractivity contribution >= 4 is 17.5 Å². The molecule has 2 amide bonds. The lowest BCUT2D eigenvalue weighted by Crippen LogP contribution is -2.48. The Morgan fingerprint density at radius 1 is 1.10 bits per heavy atom. The van der Waals surface area contributed by atoms with Crippen LogP contribution >= 0.6 is 0 Å². The van der Waals surface area contributed by atoms with Crippen molar-refractivity contribution in [2.45, 2.75) is 12.6 Å². The number of rotatable bonds is 3. The first kappa shape index (κ1) is 13.2. The highest BCUT2D eigenvalue weighted by Crippen LogP contribution is 2.28. The van der Waals surface area contributed by atoms with Gasteiger partial charge in [-0.15, -0.1) is 0 Å². The fourth-order valence-corrected chi connectivity index (χ4v) is 2.10. The number of hydrogen-bond donors (Lipinski definition) is 2. The van der Waals surface area contributed by atoms with Gasteiger partial charge in [-0.1, -0.05) is 42.5 Å². The lowest BCUT2D eigenvalue weighted by Gasteiger charge is -2.24. The smallest absolute Gasteiger partial charge is 0.275 e. The number of carbonyl (C=O) groups is 2. The number of nitrogens with one attached hydrogen (secondary N) is 2. The average Bonchev–Trinajstić information content (AvgIpc) is 2.53. The molecule has 0 bridgehead atoms. The van der Waals surface area contributed by atoms with Crippen LogP contribution in [0.5, 0.6) is 5.75 Å². The third kappa shape index (κ3) is 2.86. The largest absolute Gasteiger partial charge is 0.468 e. The van der Waals surface area contributed by atoms with Gasteiger partial charge in [0.2, 0.25) is 0 Å². The van der Waals surface area contributed by atoms with Crippen molar-refractivity contribution in [3.8, 4) is 5.75 Å². The van der Waals surface area contributed by atoms with Gasteiger partial charge in [-0.05, 0) is 17.7 Å². The van der Waals surface area contributed by atoms with Crippen LogP contribution in [0.25, 0.3) is 0 Å². The molecule has 0 saturated heterocycles. The average molecular weight is 282 g/mol. The topological polar surface area (TPSA) is 67.4 Å². The van der Waals surface area contributed by atoms with Crippen LogP contribution in [0.15, 0.2) is 54.6 Å². The van der Waals surface area contributed by atoms with Gasteiger partial charge in [0.05, 0.1) is 5.69 Å². The van der Waals surface area contributed by atoms with E-state index in [4.69, 9.17) is 4.74 Å². The van der Waals surface area contributed by atoms with Gasteiger partial charge >= 0.3 is 0 Å².